The van der Waals surface area contributed by atoms with Crippen LogP contribution in [0.1, 0.15) is 0 Å². The van der Waals surface area contributed by atoms with Crippen LogP contribution in [-0.2, 0) is 0 Å². The van der Waals surface area contributed by atoms with E-state index in [4.69, 9.17) is 5.73 Å². The lowest BCUT2D eigenvalue weighted by molar-refractivity contribution is 1.06. The molecule has 0 aliphatic heterocycles. The molecule has 0 unspecified atom stereocenters. The van der Waals surface area contributed by atoms with Gasteiger partial charge in [-0.1, -0.05) is 0 Å². The Morgan fingerprint density at radius 1 is 1.05 bits per heavy atom. The smallest absolute Gasteiger partial charge is 0.123 e. The van der Waals surface area contributed by atoms with Gasteiger partial charge in [0, 0.05) is 22.3 Å². The van der Waals surface area contributed by atoms with E-state index in [2.05, 4.69) is 40.5 Å². The van der Waals surface area contributed by atoms with Crippen molar-refractivity contribution in [2.45, 2.75) is 4.90 Å². The zero-order chi connectivity index (χ0) is 13.9. The van der Waals surface area contributed by atoms with Crippen molar-refractivity contribution in [3.63, 3.8) is 0 Å². The summed E-state index contributed by atoms with van der Waals surface area (Å²) < 4.78 is 2.04. The summed E-state index contributed by atoms with van der Waals surface area (Å²) in [6.45, 7) is 0. The molecule has 0 fully saturated rings. The van der Waals surface area contributed by atoms with Crippen molar-refractivity contribution in [3.05, 3.63) is 55.1 Å². The van der Waals surface area contributed by atoms with Gasteiger partial charge in [-0.2, -0.15) is 0 Å². The molecule has 0 atom stereocenters. The van der Waals surface area contributed by atoms with Crippen molar-refractivity contribution in [1.29, 1.82) is 0 Å². The van der Waals surface area contributed by atoms with E-state index >= 15 is 0 Å². The number of nitrogens with zero attached hydrogens (tertiary/aromatic N) is 3. The minimum absolute atomic E-state index is 0.518. The number of nitrogens with two attached hydrogens (primary N) is 1. The lowest BCUT2D eigenvalue weighted by Gasteiger charge is -2.08. The van der Waals surface area contributed by atoms with Gasteiger partial charge in [0.05, 0.1) is 18.2 Å². The molecular formula is C15H14N4S. The number of hydrogen-bond acceptors (Lipinski definition) is 4. The van der Waals surface area contributed by atoms with E-state index in [1.807, 2.05) is 16.8 Å². The van der Waals surface area contributed by atoms with Crippen molar-refractivity contribution >= 4 is 17.6 Å². The Hall–Kier alpha value is -2.27. The van der Waals surface area contributed by atoms with Crippen LogP contribution >= 0.6 is 11.8 Å². The maximum absolute atomic E-state index is 5.63. The second-order valence-electron chi connectivity index (χ2n) is 4.32. The minimum atomic E-state index is 0.518. The Morgan fingerprint density at radius 2 is 1.85 bits per heavy atom. The van der Waals surface area contributed by atoms with Crippen LogP contribution in [0.2, 0.25) is 0 Å². The lowest BCUT2D eigenvalue weighted by atomic mass is 10.2. The highest BCUT2D eigenvalue weighted by atomic mass is 32.2. The van der Waals surface area contributed by atoms with Crippen LogP contribution < -0.4 is 5.73 Å². The Morgan fingerprint density at radius 3 is 2.50 bits per heavy atom. The second-order valence-corrected chi connectivity index (χ2v) is 5.20. The number of anilines is 1. The normalized spacial score (nSPS) is 10.7. The Balaban J connectivity index is 2.02. The molecule has 100 valence electrons. The van der Waals surface area contributed by atoms with Crippen LogP contribution in [0.3, 0.4) is 0 Å². The molecule has 0 radical (unpaired) electrons. The van der Waals surface area contributed by atoms with Gasteiger partial charge in [0.2, 0.25) is 0 Å². The molecule has 0 saturated heterocycles. The highest BCUT2D eigenvalue weighted by Crippen LogP contribution is 2.24. The number of aromatic nitrogens is 3. The van der Waals surface area contributed by atoms with Crippen LogP contribution in [0.5, 0.6) is 0 Å². The summed E-state index contributed by atoms with van der Waals surface area (Å²) in [6, 6.07) is 12.1. The van der Waals surface area contributed by atoms with Gasteiger partial charge >= 0.3 is 0 Å². The number of nitrogen functional groups attached to an aromatic ring is 1. The summed E-state index contributed by atoms with van der Waals surface area (Å²) >= 11 is 1.73. The van der Waals surface area contributed by atoms with Crippen LogP contribution in [0.4, 0.5) is 5.82 Å². The highest BCUT2D eigenvalue weighted by Gasteiger charge is 2.07. The average Bonchev–Trinajstić information content (AvgIpc) is 2.97. The predicted octanol–water partition coefficient (Wildman–Crippen LogP) is 3.24. The van der Waals surface area contributed by atoms with Crippen molar-refractivity contribution in [3.8, 4) is 16.9 Å². The number of hydrogen-bond donors (Lipinski definition) is 1. The van der Waals surface area contributed by atoms with E-state index in [0.717, 1.165) is 16.9 Å². The van der Waals surface area contributed by atoms with Crippen molar-refractivity contribution < 1.29 is 0 Å². The van der Waals surface area contributed by atoms with Crippen molar-refractivity contribution in [2.75, 3.05) is 12.0 Å². The molecule has 4 nitrogen and oxygen atoms in total. The highest BCUT2D eigenvalue weighted by molar-refractivity contribution is 7.98. The first-order valence-corrected chi connectivity index (χ1v) is 7.39. The van der Waals surface area contributed by atoms with Gasteiger partial charge in [-0.05, 0) is 42.7 Å². The van der Waals surface area contributed by atoms with Gasteiger partial charge in [0.1, 0.15) is 5.82 Å². The predicted molar refractivity (Wildman–Crippen MR) is 83.0 cm³/mol. The zero-order valence-corrected chi connectivity index (χ0v) is 11.8. The summed E-state index contributed by atoms with van der Waals surface area (Å²) in [6.07, 6.45) is 7.46. The third-order valence-electron chi connectivity index (χ3n) is 3.07. The number of imidazole rings is 1. The Kier molecular flexibility index (Phi) is 3.43. The molecular weight excluding hydrogens is 268 g/mol. The lowest BCUT2D eigenvalue weighted by Crippen LogP contribution is -1.96. The van der Waals surface area contributed by atoms with Gasteiger partial charge in [-0.25, -0.2) is 9.97 Å². The third-order valence-corrected chi connectivity index (χ3v) is 3.81. The Bertz CT molecular complexity index is 701. The number of benzene rings is 1. The molecule has 0 bridgehead atoms. The minimum Gasteiger partial charge on any atom is -0.384 e. The van der Waals surface area contributed by atoms with E-state index in [-0.39, 0.29) is 0 Å². The van der Waals surface area contributed by atoms with Gasteiger partial charge in [-0.15, -0.1) is 11.8 Å². The Labute approximate surface area is 121 Å². The van der Waals surface area contributed by atoms with Crippen LogP contribution in [-0.4, -0.2) is 20.8 Å². The fourth-order valence-electron chi connectivity index (χ4n) is 2.01. The maximum atomic E-state index is 5.63. The molecule has 2 aromatic heterocycles. The first kappa shape index (κ1) is 12.7. The van der Waals surface area contributed by atoms with E-state index < -0.39 is 0 Å². The van der Waals surface area contributed by atoms with Crippen LogP contribution in [0.15, 0.2) is 60.0 Å². The molecule has 20 heavy (non-hydrogen) atoms. The SMILES string of the molecule is CSc1ccc(-n2cncc2-c2ccc(N)nc2)cc1. The van der Waals surface area contributed by atoms with Crippen molar-refractivity contribution in [2.24, 2.45) is 0 Å². The van der Waals surface area contributed by atoms with Crippen LogP contribution in [0.25, 0.3) is 16.9 Å². The molecule has 1 aromatic carbocycles. The fourth-order valence-corrected chi connectivity index (χ4v) is 2.42. The molecule has 5 heteroatoms. The number of thioether (sulfide) groups is 1. The quantitative estimate of drug-likeness (QED) is 0.749. The molecule has 3 aromatic rings. The van der Waals surface area contributed by atoms with Gasteiger partial charge in [0.25, 0.3) is 0 Å². The number of pyridine rings is 1. The molecule has 0 spiro atoms. The molecule has 0 aliphatic rings. The summed E-state index contributed by atoms with van der Waals surface area (Å²) in [5.74, 6) is 0.518. The first-order chi connectivity index (χ1) is 9.78. The fraction of sp³-hybridized carbons (Fsp3) is 0.0667. The van der Waals surface area contributed by atoms with E-state index in [1.165, 1.54) is 4.90 Å². The number of rotatable bonds is 3. The van der Waals surface area contributed by atoms with Crippen LogP contribution in [0, 0.1) is 0 Å². The molecule has 0 saturated carbocycles. The zero-order valence-electron chi connectivity index (χ0n) is 11.0. The van der Waals surface area contributed by atoms with E-state index in [0.29, 0.717) is 5.82 Å². The van der Waals surface area contributed by atoms with Gasteiger partial charge < -0.3 is 5.73 Å². The van der Waals surface area contributed by atoms with Gasteiger partial charge in [0.15, 0.2) is 0 Å². The van der Waals surface area contributed by atoms with E-state index in [9.17, 15) is 0 Å². The molecule has 0 aliphatic carbocycles. The third kappa shape index (κ3) is 2.40. The monoisotopic (exact) mass is 282 g/mol. The molecule has 2 N–H and O–H groups in total. The average molecular weight is 282 g/mol. The first-order valence-electron chi connectivity index (χ1n) is 6.16. The summed E-state index contributed by atoms with van der Waals surface area (Å²) in [5, 5.41) is 0. The topological polar surface area (TPSA) is 56.7 Å². The maximum Gasteiger partial charge on any atom is 0.123 e. The van der Waals surface area contributed by atoms with Gasteiger partial charge in [-0.3, -0.25) is 4.57 Å². The summed E-state index contributed by atoms with van der Waals surface area (Å²) in [7, 11) is 0. The van der Waals surface area contributed by atoms with Crippen molar-refractivity contribution in [1.82, 2.24) is 14.5 Å². The molecule has 0 amide bonds. The largest absolute Gasteiger partial charge is 0.384 e. The molecule has 2 heterocycles. The summed E-state index contributed by atoms with van der Waals surface area (Å²) in [5.41, 5.74) is 8.69. The standard InChI is InChI=1S/C15H14N4S/c1-20-13-5-3-12(4-6-13)19-10-17-9-14(19)11-2-7-15(16)18-8-11/h2-10H,1H3,(H2,16,18). The van der Waals surface area contributed by atoms with E-state index in [1.54, 1.807) is 30.4 Å². The molecule has 3 rings (SSSR count). The summed E-state index contributed by atoms with van der Waals surface area (Å²) in [4.78, 5) is 9.61. The second kappa shape index (κ2) is 5.38.